The number of amides is 2. The molecule has 6 heteroatoms. The molecule has 0 unspecified atom stereocenters. The molecule has 0 spiro atoms. The van der Waals surface area contributed by atoms with Crippen LogP contribution < -0.4 is 5.32 Å². The standard InChI is InChI=1S/C17H25ClN2O3/c1-13(21)11-16-12-23-10-9-20(16)17(22)19-8-2-3-14-4-6-15(18)7-5-14/h4-7,13,16,21H,2-3,8-12H2,1H3,(H,19,22)/t13-,16-/m1/s1. The van der Waals surface area contributed by atoms with Gasteiger partial charge in [0.15, 0.2) is 0 Å². The predicted octanol–water partition coefficient (Wildman–Crippen LogP) is 2.45. The second-order valence-electron chi connectivity index (χ2n) is 5.97. The number of urea groups is 1. The molecule has 0 saturated carbocycles. The van der Waals surface area contributed by atoms with E-state index in [1.165, 1.54) is 5.56 Å². The van der Waals surface area contributed by atoms with Gasteiger partial charge in [0.25, 0.3) is 0 Å². The molecule has 1 aliphatic rings. The molecule has 1 aromatic rings. The molecule has 0 aliphatic carbocycles. The summed E-state index contributed by atoms with van der Waals surface area (Å²) in [5.41, 5.74) is 1.21. The SMILES string of the molecule is C[C@@H](O)C[C@@H]1COCCN1C(=O)NCCCc1ccc(Cl)cc1. The Balaban J connectivity index is 1.73. The van der Waals surface area contributed by atoms with Gasteiger partial charge in [-0.3, -0.25) is 0 Å². The molecule has 2 atom stereocenters. The largest absolute Gasteiger partial charge is 0.393 e. The first-order valence-corrected chi connectivity index (χ1v) is 8.49. The average molecular weight is 341 g/mol. The summed E-state index contributed by atoms with van der Waals surface area (Å²) in [6.45, 7) is 3.97. The summed E-state index contributed by atoms with van der Waals surface area (Å²) in [5.74, 6) is 0. The highest BCUT2D eigenvalue weighted by Gasteiger charge is 2.27. The zero-order chi connectivity index (χ0) is 16.7. The van der Waals surface area contributed by atoms with Crippen molar-refractivity contribution in [1.29, 1.82) is 0 Å². The van der Waals surface area contributed by atoms with Gasteiger partial charge in [-0.05, 0) is 43.9 Å². The molecular weight excluding hydrogens is 316 g/mol. The van der Waals surface area contributed by atoms with Gasteiger partial charge in [-0.2, -0.15) is 0 Å². The molecule has 0 aromatic heterocycles. The minimum Gasteiger partial charge on any atom is -0.393 e. The Kier molecular flexibility index (Phi) is 7.15. The Morgan fingerprint density at radius 2 is 2.22 bits per heavy atom. The topological polar surface area (TPSA) is 61.8 Å². The molecule has 5 nitrogen and oxygen atoms in total. The van der Waals surface area contributed by atoms with E-state index in [4.69, 9.17) is 16.3 Å². The van der Waals surface area contributed by atoms with Crippen molar-refractivity contribution in [2.75, 3.05) is 26.3 Å². The fraction of sp³-hybridized carbons (Fsp3) is 0.588. The van der Waals surface area contributed by atoms with Gasteiger partial charge in [-0.1, -0.05) is 23.7 Å². The van der Waals surface area contributed by atoms with Gasteiger partial charge in [0.05, 0.1) is 25.4 Å². The smallest absolute Gasteiger partial charge is 0.317 e. The van der Waals surface area contributed by atoms with Crippen molar-refractivity contribution in [3.8, 4) is 0 Å². The Morgan fingerprint density at radius 1 is 1.48 bits per heavy atom. The van der Waals surface area contributed by atoms with Gasteiger partial charge < -0.3 is 20.1 Å². The van der Waals surface area contributed by atoms with E-state index in [0.717, 1.165) is 17.9 Å². The first-order chi connectivity index (χ1) is 11.1. The van der Waals surface area contributed by atoms with Crippen molar-refractivity contribution in [2.24, 2.45) is 0 Å². The maximum atomic E-state index is 12.3. The molecule has 0 bridgehead atoms. The average Bonchev–Trinajstić information content (AvgIpc) is 2.53. The van der Waals surface area contributed by atoms with E-state index in [-0.39, 0.29) is 12.1 Å². The van der Waals surface area contributed by atoms with Crippen LogP contribution in [-0.4, -0.2) is 54.5 Å². The first-order valence-electron chi connectivity index (χ1n) is 8.11. The lowest BCUT2D eigenvalue weighted by atomic mass is 10.1. The third-order valence-electron chi connectivity index (χ3n) is 3.93. The van der Waals surface area contributed by atoms with Crippen LogP contribution in [0.15, 0.2) is 24.3 Å². The number of aryl methyl sites for hydroxylation is 1. The summed E-state index contributed by atoms with van der Waals surface area (Å²) < 4.78 is 5.41. The van der Waals surface area contributed by atoms with Crippen LogP contribution in [0.5, 0.6) is 0 Å². The number of aliphatic hydroxyl groups is 1. The molecular formula is C17H25ClN2O3. The number of hydrogen-bond donors (Lipinski definition) is 2. The number of carbonyl (C=O) groups is 1. The number of nitrogens with zero attached hydrogens (tertiary/aromatic N) is 1. The highest BCUT2D eigenvalue weighted by molar-refractivity contribution is 6.30. The minimum absolute atomic E-state index is 0.0555. The van der Waals surface area contributed by atoms with Crippen molar-refractivity contribution in [2.45, 2.75) is 38.3 Å². The number of aliphatic hydroxyl groups excluding tert-OH is 1. The van der Waals surface area contributed by atoms with Crippen molar-refractivity contribution in [3.05, 3.63) is 34.9 Å². The maximum Gasteiger partial charge on any atom is 0.317 e. The van der Waals surface area contributed by atoms with Gasteiger partial charge in [-0.25, -0.2) is 4.79 Å². The molecule has 128 valence electrons. The summed E-state index contributed by atoms with van der Waals surface area (Å²) in [4.78, 5) is 14.1. The summed E-state index contributed by atoms with van der Waals surface area (Å²) in [6.07, 6.45) is 1.87. The van der Waals surface area contributed by atoms with Crippen molar-refractivity contribution >= 4 is 17.6 Å². The van der Waals surface area contributed by atoms with Crippen molar-refractivity contribution in [3.63, 3.8) is 0 Å². The first kappa shape index (κ1) is 18.0. The van der Waals surface area contributed by atoms with E-state index >= 15 is 0 Å². The number of rotatable bonds is 6. The Bertz CT molecular complexity index is 493. The number of halogens is 1. The van der Waals surface area contributed by atoms with E-state index < -0.39 is 6.10 Å². The molecule has 2 rings (SSSR count). The Morgan fingerprint density at radius 3 is 2.91 bits per heavy atom. The number of carbonyl (C=O) groups excluding carboxylic acids is 1. The normalized spacial score (nSPS) is 19.4. The number of hydrogen-bond acceptors (Lipinski definition) is 3. The number of morpholine rings is 1. The lowest BCUT2D eigenvalue weighted by Crippen LogP contribution is -2.53. The molecule has 1 saturated heterocycles. The second kappa shape index (κ2) is 9.11. The number of nitrogens with one attached hydrogen (secondary N) is 1. The second-order valence-corrected chi connectivity index (χ2v) is 6.41. The van der Waals surface area contributed by atoms with Crippen LogP contribution in [0.25, 0.3) is 0 Å². The quantitative estimate of drug-likeness (QED) is 0.782. The van der Waals surface area contributed by atoms with Crippen LogP contribution >= 0.6 is 11.6 Å². The summed E-state index contributed by atoms with van der Waals surface area (Å²) >= 11 is 5.86. The van der Waals surface area contributed by atoms with Crippen LogP contribution in [0.4, 0.5) is 4.79 Å². The van der Waals surface area contributed by atoms with E-state index in [9.17, 15) is 9.90 Å². The molecule has 23 heavy (non-hydrogen) atoms. The van der Waals surface area contributed by atoms with Crippen LogP contribution in [0.1, 0.15) is 25.3 Å². The lowest BCUT2D eigenvalue weighted by molar-refractivity contribution is -0.00428. The van der Waals surface area contributed by atoms with E-state index in [1.807, 2.05) is 24.3 Å². The molecule has 0 radical (unpaired) electrons. The van der Waals surface area contributed by atoms with Gasteiger partial charge in [-0.15, -0.1) is 0 Å². The highest BCUT2D eigenvalue weighted by atomic mass is 35.5. The van der Waals surface area contributed by atoms with Crippen LogP contribution in [0.3, 0.4) is 0 Å². The van der Waals surface area contributed by atoms with Crippen LogP contribution in [0.2, 0.25) is 5.02 Å². The van der Waals surface area contributed by atoms with E-state index in [0.29, 0.717) is 32.7 Å². The lowest BCUT2D eigenvalue weighted by Gasteiger charge is -2.36. The molecule has 1 aromatic carbocycles. The zero-order valence-corrected chi connectivity index (χ0v) is 14.3. The molecule has 1 fully saturated rings. The number of ether oxygens (including phenoxy) is 1. The predicted molar refractivity (Wildman–Crippen MR) is 90.8 cm³/mol. The van der Waals surface area contributed by atoms with E-state index in [2.05, 4.69) is 5.32 Å². The maximum absolute atomic E-state index is 12.3. The van der Waals surface area contributed by atoms with Gasteiger partial charge in [0.2, 0.25) is 0 Å². The zero-order valence-electron chi connectivity index (χ0n) is 13.5. The number of benzene rings is 1. The molecule has 2 N–H and O–H groups in total. The van der Waals surface area contributed by atoms with Crippen molar-refractivity contribution < 1.29 is 14.6 Å². The summed E-state index contributed by atoms with van der Waals surface area (Å²) in [5, 5.41) is 13.2. The van der Waals surface area contributed by atoms with Gasteiger partial charge >= 0.3 is 6.03 Å². The van der Waals surface area contributed by atoms with Gasteiger partial charge in [0.1, 0.15) is 0 Å². The molecule has 1 aliphatic heterocycles. The Hall–Kier alpha value is -1.30. The van der Waals surface area contributed by atoms with E-state index in [1.54, 1.807) is 11.8 Å². The fourth-order valence-corrected chi connectivity index (χ4v) is 2.88. The fourth-order valence-electron chi connectivity index (χ4n) is 2.75. The summed E-state index contributed by atoms with van der Waals surface area (Å²) in [7, 11) is 0. The highest BCUT2D eigenvalue weighted by Crippen LogP contribution is 2.13. The van der Waals surface area contributed by atoms with Crippen LogP contribution in [0, 0.1) is 0 Å². The van der Waals surface area contributed by atoms with Gasteiger partial charge in [0, 0.05) is 18.1 Å². The molecule has 2 amide bonds. The summed E-state index contributed by atoms with van der Waals surface area (Å²) in [6, 6.07) is 7.64. The monoisotopic (exact) mass is 340 g/mol. The van der Waals surface area contributed by atoms with Crippen LogP contribution in [-0.2, 0) is 11.2 Å². The van der Waals surface area contributed by atoms with Crippen molar-refractivity contribution in [1.82, 2.24) is 10.2 Å². The minimum atomic E-state index is -0.443. The third-order valence-corrected chi connectivity index (χ3v) is 4.19. The Labute approximate surface area is 142 Å². The molecule has 1 heterocycles. The third kappa shape index (κ3) is 6.01.